The Labute approximate surface area is 233 Å². The molecule has 3 aromatic rings. The second-order valence-electron chi connectivity index (χ2n) is 10.0. The molecular formula is C26H31FN3O10P. The lowest BCUT2D eigenvalue weighted by atomic mass is 9.96. The number of fused-ring (bicyclic) bond motifs is 1. The van der Waals surface area contributed by atoms with Gasteiger partial charge in [0.15, 0.2) is 6.23 Å². The molecule has 2 heterocycles. The Morgan fingerprint density at radius 3 is 2.61 bits per heavy atom. The topological polar surface area (TPSA) is 178 Å². The van der Waals surface area contributed by atoms with Crippen molar-refractivity contribution in [1.29, 1.82) is 0 Å². The van der Waals surface area contributed by atoms with E-state index in [2.05, 4.69) is 5.09 Å². The van der Waals surface area contributed by atoms with Gasteiger partial charge < -0.3 is 24.2 Å². The number of rotatable bonds is 10. The summed E-state index contributed by atoms with van der Waals surface area (Å²) in [4.78, 5) is 37.9. The summed E-state index contributed by atoms with van der Waals surface area (Å²) in [5, 5.41) is 25.6. The molecule has 0 bridgehead atoms. The molecule has 4 N–H and O–H groups in total. The van der Waals surface area contributed by atoms with Crippen LogP contribution in [-0.2, 0) is 23.4 Å². The molecule has 0 radical (unpaired) electrons. The largest absolute Gasteiger partial charge is 0.462 e. The minimum absolute atomic E-state index is 0.163. The van der Waals surface area contributed by atoms with Crippen LogP contribution >= 0.6 is 7.75 Å². The number of aliphatic hydroxyl groups is 2. The Bertz CT molecular complexity index is 1580. The van der Waals surface area contributed by atoms with E-state index in [4.69, 9.17) is 18.5 Å². The molecule has 2 aromatic carbocycles. The Morgan fingerprint density at radius 2 is 1.90 bits per heavy atom. The number of nitrogens with one attached hydrogen (secondary N) is 2. The number of carbonyl (C=O) groups is 1. The normalized spacial score (nSPS) is 24.7. The molecule has 1 aliphatic heterocycles. The quantitative estimate of drug-likeness (QED) is 0.199. The molecule has 0 spiro atoms. The van der Waals surface area contributed by atoms with Crippen molar-refractivity contribution in [2.75, 3.05) is 6.61 Å². The first kappa shape index (κ1) is 30.6. The average molecular weight is 596 g/mol. The average Bonchev–Trinajstić information content (AvgIpc) is 3.13. The Balaban J connectivity index is 1.61. The summed E-state index contributed by atoms with van der Waals surface area (Å²) in [5.74, 6) is -1.89. The van der Waals surface area contributed by atoms with Crippen LogP contribution in [0.4, 0.5) is 4.39 Å². The molecular weight excluding hydrogens is 564 g/mol. The van der Waals surface area contributed by atoms with Crippen molar-refractivity contribution in [2.45, 2.75) is 63.9 Å². The number of aliphatic hydroxyl groups excluding tert-OH is 1. The van der Waals surface area contributed by atoms with Crippen LogP contribution in [0.2, 0.25) is 0 Å². The van der Waals surface area contributed by atoms with E-state index in [0.29, 0.717) is 16.2 Å². The smallest absolute Gasteiger partial charge is 0.459 e. The third-order valence-electron chi connectivity index (χ3n) is 6.37. The third-order valence-corrected chi connectivity index (χ3v) is 8.00. The maximum atomic E-state index is 14.0. The first-order chi connectivity index (χ1) is 19.2. The number of esters is 1. The lowest BCUT2D eigenvalue weighted by Gasteiger charge is -2.27. The van der Waals surface area contributed by atoms with E-state index in [1.807, 2.05) is 18.2 Å². The monoisotopic (exact) mass is 595 g/mol. The molecule has 222 valence electrons. The summed E-state index contributed by atoms with van der Waals surface area (Å²) in [5.41, 5.74) is -4.54. The number of carbonyl (C=O) groups excluding carboxylic acids is 1. The maximum Gasteiger partial charge on any atom is 0.459 e. The molecule has 4 rings (SSSR count). The van der Waals surface area contributed by atoms with E-state index < -0.39 is 73.6 Å². The molecule has 1 saturated heterocycles. The summed E-state index contributed by atoms with van der Waals surface area (Å²) < 4.78 is 50.8. The number of aromatic amines is 1. The molecule has 0 amide bonds. The van der Waals surface area contributed by atoms with Gasteiger partial charge in [0.1, 0.15) is 29.6 Å². The molecule has 1 aliphatic rings. The van der Waals surface area contributed by atoms with Crippen molar-refractivity contribution < 1.29 is 42.5 Å². The van der Waals surface area contributed by atoms with Gasteiger partial charge in [-0.25, -0.2) is 9.36 Å². The first-order valence-electron chi connectivity index (χ1n) is 12.7. The molecule has 0 aliphatic carbocycles. The van der Waals surface area contributed by atoms with Crippen molar-refractivity contribution in [3.63, 3.8) is 0 Å². The zero-order valence-corrected chi connectivity index (χ0v) is 23.5. The number of halogens is 1. The minimum Gasteiger partial charge on any atom is -0.462 e. The number of hydrogen-bond donors (Lipinski definition) is 4. The van der Waals surface area contributed by atoms with Crippen molar-refractivity contribution in [3.05, 3.63) is 75.3 Å². The molecule has 15 heteroatoms. The van der Waals surface area contributed by atoms with Gasteiger partial charge >= 0.3 is 19.4 Å². The second-order valence-corrected chi connectivity index (χ2v) is 11.7. The van der Waals surface area contributed by atoms with E-state index in [1.54, 1.807) is 43.1 Å². The van der Waals surface area contributed by atoms with Gasteiger partial charge in [0, 0.05) is 5.39 Å². The minimum atomic E-state index is -4.44. The van der Waals surface area contributed by atoms with Crippen LogP contribution < -0.4 is 20.9 Å². The molecule has 13 nitrogen and oxygen atoms in total. The van der Waals surface area contributed by atoms with Crippen molar-refractivity contribution in [1.82, 2.24) is 14.6 Å². The highest BCUT2D eigenvalue weighted by Crippen LogP contribution is 2.48. The Morgan fingerprint density at radius 1 is 1.22 bits per heavy atom. The number of aromatic nitrogens is 2. The van der Waals surface area contributed by atoms with Crippen LogP contribution in [0.25, 0.3) is 10.8 Å². The van der Waals surface area contributed by atoms with E-state index in [1.165, 1.54) is 6.92 Å². The SMILES string of the molecule is CC(C)OC(=O)[C@@H](C)N[P@](=O)(OC[C@H]1O[C@@H](n2cc(F)c(=O)[nH]c2=O)[C@](C)(O)[C@@H]1O)Oc1cccc2ccccc12. The van der Waals surface area contributed by atoms with Gasteiger partial charge in [0.2, 0.25) is 5.82 Å². The van der Waals surface area contributed by atoms with Gasteiger partial charge in [-0.2, -0.15) is 9.48 Å². The Hall–Kier alpha value is -3.39. The highest BCUT2D eigenvalue weighted by atomic mass is 31.2. The highest BCUT2D eigenvalue weighted by Gasteiger charge is 2.54. The molecule has 41 heavy (non-hydrogen) atoms. The van der Waals surface area contributed by atoms with Gasteiger partial charge in [-0.1, -0.05) is 36.4 Å². The Kier molecular flexibility index (Phi) is 8.83. The summed E-state index contributed by atoms with van der Waals surface area (Å²) in [6.45, 7) is 5.15. The van der Waals surface area contributed by atoms with Crippen LogP contribution in [0.15, 0.2) is 58.3 Å². The van der Waals surface area contributed by atoms with E-state index in [0.717, 1.165) is 12.3 Å². The van der Waals surface area contributed by atoms with Crippen LogP contribution in [0.1, 0.15) is 33.9 Å². The van der Waals surface area contributed by atoms with Gasteiger partial charge in [-0.15, -0.1) is 0 Å². The van der Waals surface area contributed by atoms with Crippen LogP contribution in [0.3, 0.4) is 0 Å². The predicted molar refractivity (Wildman–Crippen MR) is 144 cm³/mol. The summed E-state index contributed by atoms with van der Waals surface area (Å²) >= 11 is 0. The van der Waals surface area contributed by atoms with Gasteiger partial charge in [0.05, 0.1) is 18.9 Å². The van der Waals surface area contributed by atoms with E-state index >= 15 is 0 Å². The van der Waals surface area contributed by atoms with Gasteiger partial charge in [0.25, 0.3) is 5.56 Å². The highest BCUT2D eigenvalue weighted by molar-refractivity contribution is 7.52. The standard InChI is InChI=1S/C26H31FN3O10P/c1-14(2)38-23(33)15(3)29-41(36,40-19-11-7-9-16-8-5-6-10-17(16)19)37-13-20-21(31)26(4,35)24(39-20)30-12-18(27)22(32)28-25(30)34/h5-12,14-15,20-21,24,31,35H,13H2,1-4H3,(H,29,36)(H,28,32,34)/t15-,20-,21-,24-,26-,41+/m1/s1. The third kappa shape index (κ3) is 6.58. The van der Waals surface area contributed by atoms with Crippen LogP contribution in [0, 0.1) is 5.82 Å². The number of nitrogens with zero attached hydrogens (tertiary/aromatic N) is 1. The fourth-order valence-corrected chi connectivity index (χ4v) is 5.82. The van der Waals surface area contributed by atoms with E-state index in [9.17, 15) is 33.6 Å². The maximum absolute atomic E-state index is 14.0. The molecule has 6 atom stereocenters. The summed E-state index contributed by atoms with van der Waals surface area (Å²) in [7, 11) is -4.44. The first-order valence-corrected chi connectivity index (χ1v) is 14.2. The lowest BCUT2D eigenvalue weighted by Crippen LogP contribution is -2.47. The zero-order chi connectivity index (χ0) is 30.1. The van der Waals surface area contributed by atoms with Crippen LogP contribution in [-0.4, -0.2) is 62.3 Å². The van der Waals surface area contributed by atoms with Crippen molar-refractivity contribution in [3.8, 4) is 5.75 Å². The molecule has 1 fully saturated rings. The van der Waals surface area contributed by atoms with Crippen molar-refractivity contribution >= 4 is 24.5 Å². The van der Waals surface area contributed by atoms with Gasteiger partial charge in [-0.05, 0) is 39.1 Å². The molecule has 0 saturated carbocycles. The fraction of sp³-hybridized carbons (Fsp3) is 0.423. The fourth-order valence-electron chi connectivity index (χ4n) is 4.30. The number of hydrogen-bond acceptors (Lipinski definition) is 10. The summed E-state index contributed by atoms with van der Waals surface area (Å²) in [6.07, 6.45) is -4.72. The zero-order valence-electron chi connectivity index (χ0n) is 22.6. The van der Waals surface area contributed by atoms with Crippen LogP contribution in [0.5, 0.6) is 5.75 Å². The van der Waals surface area contributed by atoms with E-state index in [-0.39, 0.29) is 5.75 Å². The second kappa shape index (κ2) is 11.8. The predicted octanol–water partition coefficient (Wildman–Crippen LogP) is 1.97. The molecule has 0 unspecified atom stereocenters. The molecule has 1 aromatic heterocycles. The van der Waals surface area contributed by atoms with Gasteiger partial charge in [-0.3, -0.25) is 23.7 Å². The number of H-pyrrole nitrogens is 1. The lowest BCUT2D eigenvalue weighted by molar-refractivity contribution is -0.149. The summed E-state index contributed by atoms with van der Waals surface area (Å²) in [6, 6.07) is 11.0. The number of benzene rings is 2. The van der Waals surface area contributed by atoms with Crippen molar-refractivity contribution in [2.24, 2.45) is 0 Å². The number of ether oxygens (including phenoxy) is 2.